The summed E-state index contributed by atoms with van der Waals surface area (Å²) in [6.45, 7) is 2.22. The van der Waals surface area contributed by atoms with Crippen molar-refractivity contribution < 1.29 is 14.7 Å². The third-order valence-corrected chi connectivity index (χ3v) is 3.79. The topological polar surface area (TPSA) is 66.4 Å². The zero-order chi connectivity index (χ0) is 14.7. The van der Waals surface area contributed by atoms with Crippen molar-refractivity contribution >= 4 is 23.5 Å². The van der Waals surface area contributed by atoms with E-state index in [0.717, 1.165) is 12.0 Å². The summed E-state index contributed by atoms with van der Waals surface area (Å²) in [5.41, 5.74) is 1.09. The lowest BCUT2D eigenvalue weighted by molar-refractivity contribution is -0.138. The van der Waals surface area contributed by atoms with E-state index in [1.54, 1.807) is 0 Å². The summed E-state index contributed by atoms with van der Waals surface area (Å²) >= 11 is 5.94. The van der Waals surface area contributed by atoms with Crippen molar-refractivity contribution in [1.29, 1.82) is 0 Å². The highest BCUT2D eigenvalue weighted by Crippen LogP contribution is 2.47. The van der Waals surface area contributed by atoms with Crippen molar-refractivity contribution in [3.05, 3.63) is 34.9 Å². The predicted octanol–water partition coefficient (Wildman–Crippen LogP) is 2.67. The zero-order valence-corrected chi connectivity index (χ0v) is 12.1. The molecule has 0 saturated heterocycles. The van der Waals surface area contributed by atoms with Crippen LogP contribution in [-0.4, -0.2) is 23.5 Å². The van der Waals surface area contributed by atoms with Gasteiger partial charge in [0, 0.05) is 23.9 Å². The summed E-state index contributed by atoms with van der Waals surface area (Å²) in [7, 11) is 0. The molecule has 0 spiro atoms. The lowest BCUT2D eigenvalue weighted by atomic mass is 10.1. The Morgan fingerprint density at radius 3 is 2.90 bits per heavy atom. The van der Waals surface area contributed by atoms with Crippen LogP contribution in [0.15, 0.2) is 24.3 Å². The Kier molecular flexibility index (Phi) is 4.65. The SMILES string of the molecule is CC(CNC(=O)C1CC1c1cccc(Cl)c1)CC(=O)O. The first-order valence-corrected chi connectivity index (χ1v) is 7.10. The molecule has 0 bridgehead atoms. The van der Waals surface area contributed by atoms with Gasteiger partial charge in [-0.3, -0.25) is 9.59 Å². The first kappa shape index (κ1) is 14.9. The van der Waals surface area contributed by atoms with Crippen molar-refractivity contribution in [3.8, 4) is 0 Å². The third-order valence-electron chi connectivity index (χ3n) is 3.55. The Balaban J connectivity index is 1.80. The number of rotatable bonds is 6. The van der Waals surface area contributed by atoms with E-state index in [4.69, 9.17) is 16.7 Å². The molecule has 1 saturated carbocycles. The molecule has 1 fully saturated rings. The van der Waals surface area contributed by atoms with Gasteiger partial charge in [0.05, 0.1) is 0 Å². The fraction of sp³-hybridized carbons (Fsp3) is 0.467. The lowest BCUT2D eigenvalue weighted by Crippen LogP contribution is -2.30. The summed E-state index contributed by atoms with van der Waals surface area (Å²) in [6.07, 6.45) is 0.905. The normalized spacial score (nSPS) is 22.1. The van der Waals surface area contributed by atoms with Gasteiger partial charge in [-0.2, -0.15) is 0 Å². The van der Waals surface area contributed by atoms with Crippen molar-refractivity contribution in [2.75, 3.05) is 6.54 Å². The van der Waals surface area contributed by atoms with Gasteiger partial charge in [-0.25, -0.2) is 0 Å². The quantitative estimate of drug-likeness (QED) is 0.848. The van der Waals surface area contributed by atoms with Gasteiger partial charge < -0.3 is 10.4 Å². The largest absolute Gasteiger partial charge is 0.481 e. The van der Waals surface area contributed by atoms with Crippen LogP contribution in [0.25, 0.3) is 0 Å². The number of carbonyl (C=O) groups is 2. The minimum absolute atomic E-state index is 0.00668. The number of hydrogen-bond donors (Lipinski definition) is 2. The van der Waals surface area contributed by atoms with Gasteiger partial charge in [0.2, 0.25) is 5.91 Å². The molecule has 1 aromatic rings. The highest BCUT2D eigenvalue weighted by molar-refractivity contribution is 6.30. The maximum Gasteiger partial charge on any atom is 0.303 e. The summed E-state index contributed by atoms with van der Waals surface area (Å²) < 4.78 is 0. The van der Waals surface area contributed by atoms with Gasteiger partial charge in [0.1, 0.15) is 0 Å². The maximum absolute atomic E-state index is 12.0. The second-order valence-electron chi connectivity index (χ2n) is 5.45. The van der Waals surface area contributed by atoms with E-state index in [0.29, 0.717) is 11.6 Å². The van der Waals surface area contributed by atoms with Gasteiger partial charge in [-0.15, -0.1) is 0 Å². The molecule has 1 aromatic carbocycles. The Morgan fingerprint density at radius 1 is 1.50 bits per heavy atom. The molecule has 4 nitrogen and oxygen atoms in total. The number of carboxylic acid groups (broad SMARTS) is 1. The van der Waals surface area contributed by atoms with Crippen LogP contribution in [0.4, 0.5) is 0 Å². The molecule has 20 heavy (non-hydrogen) atoms. The van der Waals surface area contributed by atoms with Crippen LogP contribution < -0.4 is 5.32 Å². The minimum atomic E-state index is -0.838. The summed E-state index contributed by atoms with van der Waals surface area (Å²) in [5.74, 6) is -0.656. The first-order valence-electron chi connectivity index (χ1n) is 6.72. The Bertz CT molecular complexity index is 518. The Labute approximate surface area is 123 Å². The molecule has 0 radical (unpaired) electrons. The van der Waals surface area contributed by atoms with Gasteiger partial charge in [-0.05, 0) is 36.0 Å². The van der Waals surface area contributed by atoms with E-state index >= 15 is 0 Å². The highest BCUT2D eigenvalue weighted by atomic mass is 35.5. The summed E-state index contributed by atoms with van der Waals surface area (Å²) in [6, 6.07) is 7.58. The third kappa shape index (κ3) is 3.97. The average Bonchev–Trinajstić information content (AvgIpc) is 3.15. The van der Waals surface area contributed by atoms with Crippen LogP contribution in [0, 0.1) is 11.8 Å². The molecule has 3 unspecified atom stereocenters. The first-order chi connectivity index (χ1) is 9.47. The van der Waals surface area contributed by atoms with Gasteiger partial charge in [-0.1, -0.05) is 30.7 Å². The van der Waals surface area contributed by atoms with Gasteiger partial charge >= 0.3 is 5.97 Å². The van der Waals surface area contributed by atoms with Crippen LogP contribution in [-0.2, 0) is 9.59 Å². The molecule has 2 N–H and O–H groups in total. The van der Waals surface area contributed by atoms with Gasteiger partial charge in [0.25, 0.3) is 0 Å². The van der Waals surface area contributed by atoms with Crippen LogP contribution in [0.2, 0.25) is 5.02 Å². The van der Waals surface area contributed by atoms with Crippen molar-refractivity contribution in [1.82, 2.24) is 5.32 Å². The van der Waals surface area contributed by atoms with Crippen LogP contribution >= 0.6 is 11.6 Å². The number of benzene rings is 1. The molecular weight excluding hydrogens is 278 g/mol. The second-order valence-corrected chi connectivity index (χ2v) is 5.89. The molecule has 0 aliphatic heterocycles. The predicted molar refractivity (Wildman–Crippen MR) is 76.7 cm³/mol. The number of nitrogens with one attached hydrogen (secondary N) is 1. The second kappa shape index (κ2) is 6.27. The fourth-order valence-corrected chi connectivity index (χ4v) is 2.57. The molecule has 2 rings (SSSR count). The molecule has 5 heteroatoms. The number of amides is 1. The molecule has 0 heterocycles. The lowest BCUT2D eigenvalue weighted by Gasteiger charge is -2.10. The number of carbonyl (C=O) groups excluding carboxylic acids is 1. The van der Waals surface area contributed by atoms with E-state index in [1.165, 1.54) is 0 Å². The summed E-state index contributed by atoms with van der Waals surface area (Å²) in [4.78, 5) is 22.5. The van der Waals surface area contributed by atoms with Crippen molar-refractivity contribution in [2.45, 2.75) is 25.7 Å². The standard InChI is InChI=1S/C15H18ClNO3/c1-9(5-14(18)19)8-17-15(20)13-7-12(13)10-3-2-4-11(16)6-10/h2-4,6,9,12-13H,5,7-8H2,1H3,(H,17,20)(H,18,19). The number of carboxylic acids is 1. The molecule has 3 atom stereocenters. The zero-order valence-electron chi connectivity index (χ0n) is 11.3. The average molecular weight is 296 g/mol. The fourth-order valence-electron chi connectivity index (χ4n) is 2.37. The van der Waals surface area contributed by atoms with Crippen LogP contribution in [0.5, 0.6) is 0 Å². The van der Waals surface area contributed by atoms with Crippen LogP contribution in [0.3, 0.4) is 0 Å². The molecule has 1 aliphatic rings. The Hall–Kier alpha value is -1.55. The highest BCUT2D eigenvalue weighted by Gasteiger charge is 2.43. The molecule has 1 aliphatic carbocycles. The number of hydrogen-bond acceptors (Lipinski definition) is 2. The molecule has 1 amide bonds. The van der Waals surface area contributed by atoms with Crippen molar-refractivity contribution in [3.63, 3.8) is 0 Å². The number of halogens is 1. The van der Waals surface area contributed by atoms with E-state index in [1.807, 2.05) is 31.2 Å². The molecule has 0 aromatic heterocycles. The van der Waals surface area contributed by atoms with Crippen molar-refractivity contribution in [2.24, 2.45) is 11.8 Å². The smallest absolute Gasteiger partial charge is 0.303 e. The van der Waals surface area contributed by atoms with Crippen LogP contribution in [0.1, 0.15) is 31.2 Å². The Morgan fingerprint density at radius 2 is 2.25 bits per heavy atom. The molecule has 108 valence electrons. The summed E-state index contributed by atoms with van der Waals surface area (Å²) in [5, 5.41) is 12.2. The minimum Gasteiger partial charge on any atom is -0.481 e. The van der Waals surface area contributed by atoms with E-state index in [2.05, 4.69) is 5.32 Å². The van der Waals surface area contributed by atoms with Gasteiger partial charge in [0.15, 0.2) is 0 Å². The maximum atomic E-state index is 12.0. The van der Waals surface area contributed by atoms with E-state index in [-0.39, 0.29) is 30.1 Å². The van der Waals surface area contributed by atoms with E-state index < -0.39 is 5.97 Å². The monoisotopic (exact) mass is 295 g/mol. The van der Waals surface area contributed by atoms with E-state index in [9.17, 15) is 9.59 Å². The molecular formula is C15H18ClNO3. The number of aliphatic carboxylic acids is 1.